The Labute approximate surface area is 200 Å². The summed E-state index contributed by atoms with van der Waals surface area (Å²) in [5.74, 6) is 0. The summed E-state index contributed by atoms with van der Waals surface area (Å²) in [6.45, 7) is 0. The van der Waals surface area contributed by atoms with Crippen molar-refractivity contribution in [1.29, 1.82) is 0 Å². The molecule has 0 N–H and O–H groups in total. The van der Waals surface area contributed by atoms with E-state index >= 15 is 0 Å². The second-order valence-corrected chi connectivity index (χ2v) is 9.30. The molecule has 0 aliphatic carbocycles. The fourth-order valence-electron chi connectivity index (χ4n) is 0. The summed E-state index contributed by atoms with van der Waals surface area (Å²) in [4.78, 5) is 0. The third kappa shape index (κ3) is 1050. The SMILES string of the molecule is O=[As]([O-])([O-])[O-].O=[As]([O-])([O-])[O-].O=[As]([O-])([O-])[O-].O=[As]([O-])([O-])[O-].[Pb].[Pb].[Pb]. The topological polar surface area (TPSA) is 345 Å². The van der Waals surface area contributed by atoms with E-state index in [2.05, 4.69) is 0 Å². The predicted molar refractivity (Wildman–Crippen MR) is 43.0 cm³/mol. The van der Waals surface area contributed by atoms with E-state index in [4.69, 9.17) is 64.1 Å². The van der Waals surface area contributed by atoms with Crippen LogP contribution in [0.1, 0.15) is 0 Å². The van der Waals surface area contributed by atoms with Crippen LogP contribution < -0.4 is 49.1 Å². The molecule has 0 rings (SSSR count). The van der Waals surface area contributed by atoms with Crippen molar-refractivity contribution in [3.8, 4) is 0 Å². The Balaban J connectivity index is -0.0000000284. The maximum atomic E-state index is 8.61. The molecule has 0 spiro atoms. The smallest absolute Gasteiger partial charge is 0 e. The van der Waals surface area contributed by atoms with Crippen LogP contribution in [0.3, 0.4) is 0 Å². The van der Waals surface area contributed by atoms with Crippen LogP contribution in [0.4, 0.5) is 0 Å². The van der Waals surface area contributed by atoms with Crippen LogP contribution in [0, 0.1) is 0 Å². The maximum absolute atomic E-state index is 8.61. The zero-order chi connectivity index (χ0) is 18.0. The Morgan fingerprint density at radius 2 is 0.304 bits per heavy atom. The quantitative estimate of drug-likeness (QED) is 0.203. The second kappa shape index (κ2) is 20.5. The standard InChI is InChI=1S/4AsH3O4.3Pb/c4*2-1(3,4)5;;;/h4*(H3,2,3,4,5);;;/p-12. The van der Waals surface area contributed by atoms with Crippen LogP contribution in [0.25, 0.3) is 0 Å². The van der Waals surface area contributed by atoms with Crippen molar-refractivity contribution in [3.63, 3.8) is 0 Å². The molecule has 0 aromatic rings. The molecule has 0 aliphatic heterocycles. The van der Waals surface area contributed by atoms with Crippen molar-refractivity contribution in [3.05, 3.63) is 0 Å². The summed E-state index contributed by atoms with van der Waals surface area (Å²) in [7, 11) is 0. The van der Waals surface area contributed by atoms with Gasteiger partial charge in [0.15, 0.2) is 0 Å². The molecule has 140 valence electrons. The van der Waals surface area contributed by atoms with Gasteiger partial charge < -0.3 is 0 Å². The number of hydrogen-bond acceptors (Lipinski definition) is 16. The van der Waals surface area contributed by atoms with Crippen LogP contribution in [0.15, 0.2) is 0 Å². The van der Waals surface area contributed by atoms with Gasteiger partial charge in [-0.15, -0.1) is 0 Å². The van der Waals surface area contributed by atoms with Crippen molar-refractivity contribution < 1.29 is 64.1 Å². The third-order valence-corrected chi connectivity index (χ3v) is 0. The Kier molecular flexibility index (Phi) is 40.4. The molecule has 0 saturated heterocycles. The van der Waals surface area contributed by atoms with Gasteiger partial charge >= 0.3 is 122 Å². The summed E-state index contributed by atoms with van der Waals surface area (Å²) < 4.78 is 138. The van der Waals surface area contributed by atoms with E-state index in [1.165, 1.54) is 0 Å². The van der Waals surface area contributed by atoms with Gasteiger partial charge in [0.1, 0.15) is 0 Å². The van der Waals surface area contributed by atoms with E-state index in [1.54, 1.807) is 0 Å². The molecule has 0 fully saturated rings. The van der Waals surface area contributed by atoms with E-state index in [9.17, 15) is 0 Å². The fraction of sp³-hybridized carbons (Fsp3) is 0. The summed E-state index contributed by atoms with van der Waals surface area (Å²) in [6, 6.07) is 0. The first-order valence-corrected chi connectivity index (χ1v) is 15.2. The zero-order valence-corrected chi connectivity index (χ0v) is 29.0. The third-order valence-electron chi connectivity index (χ3n) is 0. The van der Waals surface area contributed by atoms with Crippen LogP contribution in [0.5, 0.6) is 0 Å². The van der Waals surface area contributed by atoms with Gasteiger partial charge in [-0.05, 0) is 0 Å². The molecule has 0 aliphatic rings. The van der Waals surface area contributed by atoms with Gasteiger partial charge in [-0.25, -0.2) is 0 Å². The van der Waals surface area contributed by atoms with Crippen molar-refractivity contribution >= 4 is 140 Å². The molecule has 23 heteroatoms. The number of hydrogen-bond donors (Lipinski definition) is 0. The zero-order valence-electron chi connectivity index (χ0n) is 9.82. The second-order valence-electron chi connectivity index (χ2n) is 1.79. The molecule has 0 saturated carbocycles. The van der Waals surface area contributed by atoms with Gasteiger partial charge in [-0.2, -0.15) is 0 Å². The van der Waals surface area contributed by atoms with Gasteiger partial charge in [-0.1, -0.05) is 0 Å². The minimum Gasteiger partial charge on any atom is 0 e. The van der Waals surface area contributed by atoms with E-state index in [0.29, 0.717) is 0 Å². The van der Waals surface area contributed by atoms with Crippen LogP contribution in [-0.4, -0.2) is 140 Å². The van der Waals surface area contributed by atoms with E-state index in [-0.39, 0.29) is 81.9 Å². The van der Waals surface area contributed by atoms with Gasteiger partial charge in [-0.3, -0.25) is 0 Å². The molecule has 0 atom stereocenters. The van der Waals surface area contributed by atoms with Crippen molar-refractivity contribution in [1.82, 2.24) is 0 Å². The molecule has 0 unspecified atom stereocenters. The van der Waals surface area contributed by atoms with Crippen molar-refractivity contribution in [2.24, 2.45) is 0 Å². The summed E-state index contributed by atoms with van der Waals surface area (Å²) in [5.41, 5.74) is 0. The summed E-state index contributed by atoms with van der Waals surface area (Å²) >= 11 is -23.5. The first kappa shape index (κ1) is 45.5. The molecule has 0 bridgehead atoms. The average molecular weight is 1180 g/mol. The van der Waals surface area contributed by atoms with Gasteiger partial charge in [0, 0.05) is 81.9 Å². The Bertz CT molecular complexity index is 292. The first-order valence-electron chi connectivity index (χ1n) is 2.92. The van der Waals surface area contributed by atoms with Gasteiger partial charge in [0.25, 0.3) is 0 Å². The number of rotatable bonds is 0. The van der Waals surface area contributed by atoms with Crippen molar-refractivity contribution in [2.45, 2.75) is 0 Å². The molecule has 0 aromatic carbocycles. The molecule has 0 amide bonds. The van der Waals surface area contributed by atoms with Crippen LogP contribution in [0.2, 0.25) is 0 Å². The molecule has 23 heavy (non-hydrogen) atoms. The van der Waals surface area contributed by atoms with Crippen LogP contribution >= 0.6 is 0 Å². The Morgan fingerprint density at radius 3 is 0.304 bits per heavy atom. The Morgan fingerprint density at radius 1 is 0.304 bits per heavy atom. The molecule has 0 aromatic heterocycles. The minimum absolute atomic E-state index is 0. The normalized spacial score (nSPS) is 10.3. The summed E-state index contributed by atoms with van der Waals surface area (Å²) in [5, 5.41) is 0. The van der Waals surface area contributed by atoms with E-state index in [0.717, 1.165) is 0 Å². The average Bonchev–Trinajstić information content (AvgIpc) is 1.62. The predicted octanol–water partition coefficient (Wildman–Crippen LogP) is -17.4. The molecule has 16 nitrogen and oxygen atoms in total. The van der Waals surface area contributed by atoms with Gasteiger partial charge in [0.2, 0.25) is 0 Å². The largest absolute Gasteiger partial charge is 0 e. The molecular weight excluding hydrogens is 1180 g/mol. The van der Waals surface area contributed by atoms with Crippen molar-refractivity contribution in [2.75, 3.05) is 0 Å². The maximum Gasteiger partial charge on any atom is 0 e. The minimum atomic E-state index is -5.88. The molecule has 0 heterocycles. The fourth-order valence-corrected chi connectivity index (χ4v) is 0. The van der Waals surface area contributed by atoms with Gasteiger partial charge in [0.05, 0.1) is 0 Å². The van der Waals surface area contributed by atoms with Crippen LogP contribution in [-0.2, 0) is 15.0 Å². The van der Waals surface area contributed by atoms with E-state index in [1.807, 2.05) is 0 Å². The first-order chi connectivity index (χ1) is 8.00. The summed E-state index contributed by atoms with van der Waals surface area (Å²) in [6.07, 6.45) is 0. The monoisotopic (exact) mass is 1180 g/mol. The molecule has 12 radical (unpaired) electrons. The Hall–Kier alpha value is 3.72. The molecular formula is As4O16Pb3-12. The van der Waals surface area contributed by atoms with E-state index < -0.39 is 58.1 Å².